The van der Waals surface area contributed by atoms with Crippen LogP contribution in [0.15, 0.2) is 30.6 Å². The SMILES string of the molecule is COc1ccc(C(C)(C)C)cc1-c1ncc(N)cn1. The molecule has 0 atom stereocenters. The number of rotatable bonds is 2. The molecule has 0 radical (unpaired) electrons. The molecular formula is C15H19N3O. The van der Waals surface area contributed by atoms with Crippen molar-refractivity contribution in [1.82, 2.24) is 9.97 Å². The number of hydrogen-bond acceptors (Lipinski definition) is 4. The highest BCUT2D eigenvalue weighted by atomic mass is 16.5. The van der Waals surface area contributed by atoms with Gasteiger partial charge in [-0.05, 0) is 23.1 Å². The largest absolute Gasteiger partial charge is 0.496 e. The summed E-state index contributed by atoms with van der Waals surface area (Å²) in [6.07, 6.45) is 3.21. The molecule has 1 aromatic heterocycles. The number of ether oxygens (including phenoxy) is 1. The minimum absolute atomic E-state index is 0.0643. The molecule has 0 bridgehead atoms. The van der Waals surface area contributed by atoms with E-state index in [0.29, 0.717) is 11.5 Å². The average Bonchev–Trinajstić information content (AvgIpc) is 2.38. The lowest BCUT2D eigenvalue weighted by Gasteiger charge is -2.20. The second kappa shape index (κ2) is 4.88. The molecule has 2 N–H and O–H groups in total. The molecule has 0 aliphatic rings. The van der Waals surface area contributed by atoms with Crippen LogP contribution in [0.2, 0.25) is 0 Å². The summed E-state index contributed by atoms with van der Waals surface area (Å²) in [5.74, 6) is 1.38. The fourth-order valence-corrected chi connectivity index (χ4v) is 1.83. The van der Waals surface area contributed by atoms with Crippen molar-refractivity contribution in [3.8, 4) is 17.1 Å². The van der Waals surface area contributed by atoms with Crippen LogP contribution in [-0.4, -0.2) is 17.1 Å². The van der Waals surface area contributed by atoms with Crippen molar-refractivity contribution in [2.75, 3.05) is 12.8 Å². The zero-order chi connectivity index (χ0) is 14.0. The summed E-state index contributed by atoms with van der Waals surface area (Å²) in [7, 11) is 1.65. The zero-order valence-electron chi connectivity index (χ0n) is 11.8. The molecule has 1 aromatic carbocycles. The Labute approximate surface area is 113 Å². The number of aromatic nitrogens is 2. The Balaban J connectivity index is 2.56. The van der Waals surface area contributed by atoms with Crippen molar-refractivity contribution in [3.05, 3.63) is 36.2 Å². The van der Waals surface area contributed by atoms with Crippen LogP contribution in [0.1, 0.15) is 26.3 Å². The quantitative estimate of drug-likeness (QED) is 0.898. The molecule has 2 rings (SSSR count). The lowest BCUT2D eigenvalue weighted by molar-refractivity contribution is 0.415. The number of methoxy groups -OCH3 is 1. The highest BCUT2D eigenvalue weighted by Crippen LogP contribution is 2.32. The van der Waals surface area contributed by atoms with Crippen LogP contribution in [-0.2, 0) is 5.41 Å². The Bertz CT molecular complexity index is 571. The Morgan fingerprint density at radius 2 is 1.74 bits per heavy atom. The predicted octanol–water partition coefficient (Wildman–Crippen LogP) is 3.03. The van der Waals surface area contributed by atoms with Gasteiger partial charge in [-0.1, -0.05) is 26.8 Å². The molecule has 0 aliphatic heterocycles. The van der Waals surface area contributed by atoms with Gasteiger partial charge in [0.25, 0.3) is 0 Å². The zero-order valence-corrected chi connectivity index (χ0v) is 11.8. The summed E-state index contributed by atoms with van der Waals surface area (Å²) >= 11 is 0. The molecule has 0 saturated carbocycles. The van der Waals surface area contributed by atoms with E-state index in [-0.39, 0.29) is 5.41 Å². The van der Waals surface area contributed by atoms with Crippen molar-refractivity contribution in [3.63, 3.8) is 0 Å². The Kier molecular flexibility index (Phi) is 3.42. The molecule has 0 saturated heterocycles. The number of nitrogen functional groups attached to an aromatic ring is 1. The van der Waals surface area contributed by atoms with E-state index >= 15 is 0 Å². The third kappa shape index (κ3) is 2.84. The molecule has 100 valence electrons. The first-order valence-electron chi connectivity index (χ1n) is 6.18. The third-order valence-electron chi connectivity index (χ3n) is 2.98. The minimum Gasteiger partial charge on any atom is -0.496 e. The van der Waals surface area contributed by atoms with Gasteiger partial charge in [-0.25, -0.2) is 9.97 Å². The minimum atomic E-state index is 0.0643. The molecule has 1 heterocycles. The molecule has 2 aromatic rings. The van der Waals surface area contributed by atoms with Gasteiger partial charge in [0, 0.05) is 0 Å². The van der Waals surface area contributed by atoms with E-state index in [1.54, 1.807) is 19.5 Å². The first-order valence-corrected chi connectivity index (χ1v) is 6.18. The lowest BCUT2D eigenvalue weighted by Crippen LogP contribution is -2.11. The second-order valence-corrected chi connectivity index (χ2v) is 5.51. The van der Waals surface area contributed by atoms with E-state index in [1.807, 2.05) is 6.07 Å². The smallest absolute Gasteiger partial charge is 0.163 e. The lowest BCUT2D eigenvalue weighted by atomic mass is 9.86. The first-order chi connectivity index (χ1) is 8.91. The third-order valence-corrected chi connectivity index (χ3v) is 2.98. The molecule has 0 fully saturated rings. The van der Waals surface area contributed by atoms with Gasteiger partial charge in [0.1, 0.15) is 5.75 Å². The maximum Gasteiger partial charge on any atom is 0.163 e. The molecule has 0 aliphatic carbocycles. The Morgan fingerprint density at radius 3 is 2.26 bits per heavy atom. The van der Waals surface area contributed by atoms with E-state index in [0.717, 1.165) is 11.3 Å². The van der Waals surface area contributed by atoms with Gasteiger partial charge in [-0.15, -0.1) is 0 Å². The Hall–Kier alpha value is -2.10. The standard InChI is InChI=1S/C15H19N3O/c1-15(2,3)10-5-6-13(19-4)12(7-10)14-17-8-11(16)9-18-14/h5-9H,16H2,1-4H3. The van der Waals surface area contributed by atoms with Crippen molar-refractivity contribution >= 4 is 5.69 Å². The summed E-state index contributed by atoms with van der Waals surface area (Å²) in [6.45, 7) is 6.51. The van der Waals surface area contributed by atoms with Crippen LogP contribution >= 0.6 is 0 Å². The highest BCUT2D eigenvalue weighted by Gasteiger charge is 2.17. The van der Waals surface area contributed by atoms with Gasteiger partial charge in [0.15, 0.2) is 5.82 Å². The number of nitrogens with zero attached hydrogens (tertiary/aromatic N) is 2. The van der Waals surface area contributed by atoms with Gasteiger partial charge in [-0.3, -0.25) is 0 Å². The van der Waals surface area contributed by atoms with E-state index in [9.17, 15) is 0 Å². The van der Waals surface area contributed by atoms with Crippen LogP contribution in [0.3, 0.4) is 0 Å². The summed E-state index contributed by atoms with van der Waals surface area (Å²) in [5.41, 5.74) is 8.33. The molecule has 0 spiro atoms. The van der Waals surface area contributed by atoms with Crippen molar-refractivity contribution in [2.45, 2.75) is 26.2 Å². The fourth-order valence-electron chi connectivity index (χ4n) is 1.83. The molecule has 4 heteroatoms. The summed E-state index contributed by atoms with van der Waals surface area (Å²) in [5, 5.41) is 0. The van der Waals surface area contributed by atoms with E-state index in [4.69, 9.17) is 10.5 Å². The predicted molar refractivity (Wildman–Crippen MR) is 77.1 cm³/mol. The maximum atomic E-state index is 5.62. The summed E-state index contributed by atoms with van der Waals surface area (Å²) in [4.78, 5) is 8.53. The topological polar surface area (TPSA) is 61.0 Å². The second-order valence-electron chi connectivity index (χ2n) is 5.51. The molecule has 0 amide bonds. The number of hydrogen-bond donors (Lipinski definition) is 1. The average molecular weight is 257 g/mol. The molecular weight excluding hydrogens is 238 g/mol. The molecule has 0 unspecified atom stereocenters. The fraction of sp³-hybridized carbons (Fsp3) is 0.333. The van der Waals surface area contributed by atoms with Crippen molar-refractivity contribution in [2.24, 2.45) is 0 Å². The maximum absolute atomic E-state index is 5.62. The van der Waals surface area contributed by atoms with E-state index in [2.05, 4.69) is 42.9 Å². The molecule has 19 heavy (non-hydrogen) atoms. The van der Waals surface area contributed by atoms with E-state index in [1.165, 1.54) is 5.56 Å². The summed E-state index contributed by atoms with van der Waals surface area (Å²) in [6, 6.07) is 6.10. The van der Waals surface area contributed by atoms with Crippen LogP contribution < -0.4 is 10.5 Å². The molecule has 4 nitrogen and oxygen atoms in total. The Morgan fingerprint density at radius 1 is 1.11 bits per heavy atom. The monoisotopic (exact) mass is 257 g/mol. The van der Waals surface area contributed by atoms with Gasteiger partial charge in [0.2, 0.25) is 0 Å². The van der Waals surface area contributed by atoms with Crippen LogP contribution in [0.25, 0.3) is 11.4 Å². The van der Waals surface area contributed by atoms with Gasteiger partial charge in [-0.2, -0.15) is 0 Å². The highest BCUT2D eigenvalue weighted by molar-refractivity contribution is 5.66. The normalized spacial score (nSPS) is 11.4. The first kappa shape index (κ1) is 13.3. The van der Waals surface area contributed by atoms with Gasteiger partial charge in [0.05, 0.1) is 30.8 Å². The van der Waals surface area contributed by atoms with Crippen LogP contribution in [0.5, 0.6) is 5.75 Å². The van der Waals surface area contributed by atoms with Gasteiger partial charge < -0.3 is 10.5 Å². The van der Waals surface area contributed by atoms with Gasteiger partial charge >= 0.3 is 0 Å². The van der Waals surface area contributed by atoms with E-state index < -0.39 is 0 Å². The number of nitrogens with two attached hydrogens (primary N) is 1. The number of anilines is 1. The number of benzene rings is 1. The van der Waals surface area contributed by atoms with Crippen LogP contribution in [0.4, 0.5) is 5.69 Å². The van der Waals surface area contributed by atoms with Crippen molar-refractivity contribution < 1.29 is 4.74 Å². The van der Waals surface area contributed by atoms with Crippen molar-refractivity contribution in [1.29, 1.82) is 0 Å². The summed E-state index contributed by atoms with van der Waals surface area (Å²) < 4.78 is 5.39. The van der Waals surface area contributed by atoms with Crippen LogP contribution in [0, 0.1) is 0 Å².